The molecule has 1 aromatic carbocycles. The first-order valence-electron chi connectivity index (χ1n) is 8.95. The van der Waals surface area contributed by atoms with Crippen molar-refractivity contribution in [2.75, 3.05) is 35.3 Å². The maximum Gasteiger partial charge on any atom is 0.231 e. The van der Waals surface area contributed by atoms with E-state index in [1.54, 1.807) is 18.1 Å². The number of anilines is 4. The SMILES string of the molecule is CC1CCCN(c2ncc(Cl)c(Nc3ccc4c(c3)CC(=O)N4C)n2)C1. The summed E-state index contributed by atoms with van der Waals surface area (Å²) < 4.78 is 0. The van der Waals surface area contributed by atoms with Gasteiger partial charge in [0, 0.05) is 31.5 Å². The van der Waals surface area contributed by atoms with Crippen LogP contribution in [0.5, 0.6) is 0 Å². The molecular weight excluding hydrogens is 350 g/mol. The minimum absolute atomic E-state index is 0.110. The number of carbonyl (C=O) groups is 1. The van der Waals surface area contributed by atoms with Gasteiger partial charge in [0.05, 0.1) is 12.6 Å². The minimum Gasteiger partial charge on any atom is -0.341 e. The molecule has 7 heteroatoms. The molecule has 26 heavy (non-hydrogen) atoms. The van der Waals surface area contributed by atoms with Gasteiger partial charge >= 0.3 is 0 Å². The first-order valence-corrected chi connectivity index (χ1v) is 9.33. The highest BCUT2D eigenvalue weighted by atomic mass is 35.5. The molecule has 6 nitrogen and oxygen atoms in total. The second-order valence-electron chi connectivity index (χ2n) is 7.16. The van der Waals surface area contributed by atoms with Crippen LogP contribution in [0, 0.1) is 5.92 Å². The number of fused-ring (bicyclic) bond motifs is 1. The van der Waals surface area contributed by atoms with Crippen LogP contribution in [-0.2, 0) is 11.2 Å². The van der Waals surface area contributed by atoms with Crippen LogP contribution in [0.2, 0.25) is 5.02 Å². The van der Waals surface area contributed by atoms with Crippen LogP contribution in [0.4, 0.5) is 23.1 Å². The fraction of sp³-hybridized carbons (Fsp3) is 0.421. The summed E-state index contributed by atoms with van der Waals surface area (Å²) in [6, 6.07) is 5.87. The second kappa shape index (κ2) is 6.76. The Kier molecular flexibility index (Phi) is 4.44. The van der Waals surface area contributed by atoms with Gasteiger partial charge < -0.3 is 15.1 Å². The zero-order valence-corrected chi connectivity index (χ0v) is 15.8. The highest BCUT2D eigenvalue weighted by molar-refractivity contribution is 6.32. The first-order chi connectivity index (χ1) is 12.5. The number of hydrogen-bond acceptors (Lipinski definition) is 5. The standard InChI is InChI=1S/C19H22ClN5O/c1-12-4-3-7-25(11-12)19-21-10-15(20)18(23-19)22-14-5-6-16-13(8-14)9-17(26)24(16)2/h5-6,8,10,12H,3-4,7,9,11H2,1-2H3,(H,21,22,23). The van der Waals surface area contributed by atoms with Crippen LogP contribution in [0.15, 0.2) is 24.4 Å². The summed E-state index contributed by atoms with van der Waals surface area (Å²) >= 11 is 6.31. The Labute approximate surface area is 158 Å². The highest BCUT2D eigenvalue weighted by Crippen LogP contribution is 2.32. The fourth-order valence-corrected chi connectivity index (χ4v) is 3.79. The maximum absolute atomic E-state index is 11.9. The number of rotatable bonds is 3. The van der Waals surface area contributed by atoms with Gasteiger partial charge in [-0.25, -0.2) is 4.98 Å². The summed E-state index contributed by atoms with van der Waals surface area (Å²) in [5.74, 6) is 2.05. The zero-order valence-electron chi connectivity index (χ0n) is 15.0. The molecule has 0 saturated carbocycles. The second-order valence-corrected chi connectivity index (χ2v) is 7.57. The van der Waals surface area contributed by atoms with E-state index in [1.165, 1.54) is 6.42 Å². The lowest BCUT2D eigenvalue weighted by molar-refractivity contribution is -0.117. The monoisotopic (exact) mass is 371 g/mol. The van der Waals surface area contributed by atoms with Crippen molar-refractivity contribution >= 4 is 40.6 Å². The zero-order chi connectivity index (χ0) is 18.3. The molecule has 1 aromatic heterocycles. The molecule has 1 fully saturated rings. The Morgan fingerprint density at radius 3 is 3.00 bits per heavy atom. The molecule has 0 aliphatic carbocycles. The van der Waals surface area contributed by atoms with E-state index in [4.69, 9.17) is 11.6 Å². The van der Waals surface area contributed by atoms with Gasteiger partial charge in [-0.1, -0.05) is 18.5 Å². The number of aromatic nitrogens is 2. The number of carbonyl (C=O) groups excluding carboxylic acids is 1. The summed E-state index contributed by atoms with van der Waals surface area (Å²) in [7, 11) is 1.80. The van der Waals surface area contributed by atoms with Crippen LogP contribution in [-0.4, -0.2) is 36.0 Å². The summed E-state index contributed by atoms with van der Waals surface area (Å²) in [5, 5.41) is 3.76. The third kappa shape index (κ3) is 3.21. The molecule has 1 amide bonds. The molecule has 0 radical (unpaired) electrons. The number of likely N-dealkylation sites (N-methyl/N-ethyl adjacent to an activating group) is 1. The Hall–Kier alpha value is -2.34. The van der Waals surface area contributed by atoms with Crippen molar-refractivity contribution in [1.29, 1.82) is 0 Å². The van der Waals surface area contributed by atoms with Crippen LogP contribution in [0.1, 0.15) is 25.3 Å². The van der Waals surface area contributed by atoms with Crippen molar-refractivity contribution in [3.63, 3.8) is 0 Å². The fourth-order valence-electron chi connectivity index (χ4n) is 3.65. The Balaban J connectivity index is 1.58. The average Bonchev–Trinajstić information content (AvgIpc) is 2.90. The average molecular weight is 372 g/mol. The van der Waals surface area contributed by atoms with E-state index in [0.717, 1.165) is 36.4 Å². The van der Waals surface area contributed by atoms with Crippen molar-refractivity contribution < 1.29 is 4.79 Å². The lowest BCUT2D eigenvalue weighted by Crippen LogP contribution is -2.35. The smallest absolute Gasteiger partial charge is 0.231 e. The predicted molar refractivity (Wildman–Crippen MR) is 104 cm³/mol. The summed E-state index contributed by atoms with van der Waals surface area (Å²) in [4.78, 5) is 24.8. The third-order valence-electron chi connectivity index (χ3n) is 5.09. The van der Waals surface area contributed by atoms with Crippen molar-refractivity contribution in [3.05, 3.63) is 35.0 Å². The molecule has 0 bridgehead atoms. The number of piperidine rings is 1. The summed E-state index contributed by atoms with van der Waals surface area (Å²) in [5.41, 5.74) is 2.83. The van der Waals surface area contributed by atoms with Crippen LogP contribution in [0.3, 0.4) is 0 Å². The van der Waals surface area contributed by atoms with Gasteiger partial charge in [0.25, 0.3) is 0 Å². The van der Waals surface area contributed by atoms with Crippen molar-refractivity contribution in [2.24, 2.45) is 5.92 Å². The molecule has 1 N–H and O–H groups in total. The molecule has 4 rings (SSSR count). The normalized spacial score (nSPS) is 19.7. The lowest BCUT2D eigenvalue weighted by atomic mass is 10.0. The van der Waals surface area contributed by atoms with E-state index >= 15 is 0 Å². The van der Waals surface area contributed by atoms with Gasteiger partial charge in [-0.15, -0.1) is 0 Å². The summed E-state index contributed by atoms with van der Waals surface area (Å²) in [6.45, 7) is 4.19. The Morgan fingerprint density at radius 1 is 1.35 bits per heavy atom. The molecule has 2 aliphatic heterocycles. The van der Waals surface area contributed by atoms with Crippen LogP contribution >= 0.6 is 11.6 Å². The van der Waals surface area contributed by atoms with Gasteiger partial charge in [-0.2, -0.15) is 4.98 Å². The topological polar surface area (TPSA) is 61.4 Å². The minimum atomic E-state index is 0.110. The molecule has 1 saturated heterocycles. The van der Waals surface area contributed by atoms with Gasteiger partial charge in [0.1, 0.15) is 5.02 Å². The molecule has 0 spiro atoms. The Morgan fingerprint density at radius 2 is 2.19 bits per heavy atom. The molecule has 3 heterocycles. The highest BCUT2D eigenvalue weighted by Gasteiger charge is 2.24. The largest absolute Gasteiger partial charge is 0.341 e. The van der Waals surface area contributed by atoms with Crippen molar-refractivity contribution in [3.8, 4) is 0 Å². The van der Waals surface area contributed by atoms with Gasteiger partial charge in [0.15, 0.2) is 5.82 Å². The number of halogens is 1. The number of amides is 1. The van der Waals surface area contributed by atoms with Crippen molar-refractivity contribution in [2.45, 2.75) is 26.2 Å². The number of nitrogens with zero attached hydrogens (tertiary/aromatic N) is 4. The van der Waals surface area contributed by atoms with Crippen LogP contribution in [0.25, 0.3) is 0 Å². The molecule has 2 aliphatic rings. The predicted octanol–water partition coefficient (Wildman–Crippen LogP) is 3.63. The number of nitrogens with one attached hydrogen (secondary N) is 1. The van der Waals surface area contributed by atoms with E-state index in [2.05, 4.69) is 27.1 Å². The number of hydrogen-bond donors (Lipinski definition) is 1. The lowest BCUT2D eigenvalue weighted by Gasteiger charge is -2.31. The molecule has 136 valence electrons. The number of benzene rings is 1. The first kappa shape index (κ1) is 17.1. The van der Waals surface area contributed by atoms with Gasteiger partial charge in [0.2, 0.25) is 11.9 Å². The van der Waals surface area contributed by atoms with E-state index in [9.17, 15) is 4.79 Å². The van der Waals surface area contributed by atoms with Crippen LogP contribution < -0.4 is 15.1 Å². The van der Waals surface area contributed by atoms with E-state index < -0.39 is 0 Å². The summed E-state index contributed by atoms with van der Waals surface area (Å²) in [6.07, 6.45) is 4.48. The Bertz CT molecular complexity index is 856. The molecule has 1 unspecified atom stereocenters. The van der Waals surface area contributed by atoms with E-state index in [1.807, 2.05) is 18.2 Å². The van der Waals surface area contributed by atoms with Gasteiger partial charge in [-0.3, -0.25) is 4.79 Å². The van der Waals surface area contributed by atoms with E-state index in [-0.39, 0.29) is 5.91 Å². The molecule has 1 atom stereocenters. The molecule has 2 aromatic rings. The van der Waals surface area contributed by atoms with Gasteiger partial charge in [-0.05, 0) is 42.5 Å². The third-order valence-corrected chi connectivity index (χ3v) is 5.37. The molecular formula is C19H22ClN5O. The quantitative estimate of drug-likeness (QED) is 0.892. The van der Waals surface area contributed by atoms with E-state index in [0.29, 0.717) is 29.1 Å². The maximum atomic E-state index is 11.9. The van der Waals surface area contributed by atoms with Crippen molar-refractivity contribution in [1.82, 2.24) is 9.97 Å².